The maximum Gasteiger partial charge on any atom is 0.306 e. The maximum absolute atomic E-state index is 11.5. The highest BCUT2D eigenvalue weighted by atomic mass is 16.5. The van der Waals surface area contributed by atoms with Crippen molar-refractivity contribution < 1.29 is 9.53 Å². The Labute approximate surface area is 109 Å². The van der Waals surface area contributed by atoms with E-state index in [1.54, 1.807) is 0 Å². The average molecular weight is 246 g/mol. The van der Waals surface area contributed by atoms with Crippen molar-refractivity contribution >= 4 is 5.97 Å². The highest BCUT2D eigenvalue weighted by Gasteiger charge is 2.33. The molecule has 1 aliphatic carbocycles. The smallest absolute Gasteiger partial charge is 0.306 e. The number of carbonyl (C=O) groups is 1. The number of carbonyl (C=O) groups excluding carboxylic acids is 1. The third kappa shape index (κ3) is 3.34. The molecule has 1 fully saturated rings. The second-order valence-electron chi connectivity index (χ2n) is 5.22. The summed E-state index contributed by atoms with van der Waals surface area (Å²) < 4.78 is 4.82. The molecule has 2 nitrogen and oxygen atoms in total. The van der Waals surface area contributed by atoms with Crippen LogP contribution in [0.4, 0.5) is 0 Å². The Kier molecular flexibility index (Phi) is 4.40. The van der Waals surface area contributed by atoms with Gasteiger partial charge in [-0.2, -0.15) is 0 Å². The van der Waals surface area contributed by atoms with Crippen molar-refractivity contribution in [3.8, 4) is 0 Å². The fourth-order valence-corrected chi connectivity index (χ4v) is 2.59. The molecule has 0 bridgehead atoms. The van der Waals surface area contributed by atoms with Crippen molar-refractivity contribution in [2.24, 2.45) is 5.92 Å². The van der Waals surface area contributed by atoms with Crippen molar-refractivity contribution in [3.63, 3.8) is 0 Å². The summed E-state index contributed by atoms with van der Waals surface area (Å²) >= 11 is 0. The SMILES string of the molecule is CCCc1cccc(C(CC(=O)OC)C2CC2)c1. The van der Waals surface area contributed by atoms with Gasteiger partial charge < -0.3 is 4.74 Å². The minimum absolute atomic E-state index is 0.0900. The van der Waals surface area contributed by atoms with Gasteiger partial charge in [-0.3, -0.25) is 4.79 Å². The third-order valence-electron chi connectivity index (χ3n) is 3.72. The summed E-state index contributed by atoms with van der Waals surface area (Å²) in [5.74, 6) is 0.947. The van der Waals surface area contributed by atoms with Crippen LogP contribution in [0, 0.1) is 5.92 Å². The van der Waals surface area contributed by atoms with Gasteiger partial charge in [0.25, 0.3) is 0 Å². The van der Waals surface area contributed by atoms with Crippen LogP contribution in [0.1, 0.15) is 49.7 Å². The summed E-state index contributed by atoms with van der Waals surface area (Å²) in [6.07, 6.45) is 5.30. The second kappa shape index (κ2) is 6.03. The maximum atomic E-state index is 11.5. The fraction of sp³-hybridized carbons (Fsp3) is 0.562. The van der Waals surface area contributed by atoms with E-state index in [2.05, 4.69) is 31.2 Å². The van der Waals surface area contributed by atoms with E-state index >= 15 is 0 Å². The van der Waals surface area contributed by atoms with Crippen molar-refractivity contribution in [1.82, 2.24) is 0 Å². The van der Waals surface area contributed by atoms with Gasteiger partial charge in [0.15, 0.2) is 0 Å². The zero-order valence-corrected chi connectivity index (χ0v) is 11.3. The molecule has 0 spiro atoms. The first kappa shape index (κ1) is 13.1. The van der Waals surface area contributed by atoms with Gasteiger partial charge in [0.1, 0.15) is 0 Å². The van der Waals surface area contributed by atoms with E-state index in [4.69, 9.17) is 4.74 Å². The minimum atomic E-state index is -0.0900. The molecule has 0 N–H and O–H groups in total. The fourth-order valence-electron chi connectivity index (χ4n) is 2.59. The van der Waals surface area contributed by atoms with Crippen LogP contribution in [-0.4, -0.2) is 13.1 Å². The number of hydrogen-bond acceptors (Lipinski definition) is 2. The van der Waals surface area contributed by atoms with Crippen molar-refractivity contribution in [3.05, 3.63) is 35.4 Å². The molecule has 1 unspecified atom stereocenters. The van der Waals surface area contributed by atoms with E-state index in [-0.39, 0.29) is 5.97 Å². The van der Waals surface area contributed by atoms with Crippen molar-refractivity contribution in [2.45, 2.75) is 44.9 Å². The van der Waals surface area contributed by atoms with Crippen LogP contribution < -0.4 is 0 Å². The number of methoxy groups -OCH3 is 1. The third-order valence-corrected chi connectivity index (χ3v) is 3.72. The standard InChI is InChI=1S/C16H22O2/c1-3-5-12-6-4-7-14(10-12)15(13-8-9-13)11-16(17)18-2/h4,6-7,10,13,15H,3,5,8-9,11H2,1-2H3. The Morgan fingerprint density at radius 2 is 2.22 bits per heavy atom. The number of benzene rings is 1. The molecule has 0 amide bonds. The normalized spacial score (nSPS) is 16.3. The predicted molar refractivity (Wildman–Crippen MR) is 72.5 cm³/mol. The molecule has 2 rings (SSSR count). The zero-order valence-electron chi connectivity index (χ0n) is 11.3. The lowest BCUT2D eigenvalue weighted by Gasteiger charge is -2.16. The van der Waals surface area contributed by atoms with Crippen molar-refractivity contribution in [2.75, 3.05) is 7.11 Å². The molecule has 2 heteroatoms. The molecular formula is C16H22O2. The van der Waals surface area contributed by atoms with Crippen LogP contribution in [-0.2, 0) is 16.0 Å². The van der Waals surface area contributed by atoms with Crippen LogP contribution in [0.2, 0.25) is 0 Å². The van der Waals surface area contributed by atoms with Gasteiger partial charge in [0.05, 0.1) is 13.5 Å². The van der Waals surface area contributed by atoms with E-state index in [1.165, 1.54) is 31.1 Å². The number of ether oxygens (including phenoxy) is 1. The molecule has 1 aromatic carbocycles. The zero-order chi connectivity index (χ0) is 13.0. The Balaban J connectivity index is 2.14. The second-order valence-corrected chi connectivity index (χ2v) is 5.22. The molecule has 0 heterocycles. The lowest BCUT2D eigenvalue weighted by Crippen LogP contribution is -2.10. The average Bonchev–Trinajstić information content (AvgIpc) is 3.20. The van der Waals surface area contributed by atoms with E-state index in [1.807, 2.05) is 0 Å². The van der Waals surface area contributed by atoms with Gasteiger partial charge in [-0.15, -0.1) is 0 Å². The summed E-state index contributed by atoms with van der Waals surface area (Å²) in [4.78, 5) is 11.5. The summed E-state index contributed by atoms with van der Waals surface area (Å²) in [7, 11) is 1.47. The Morgan fingerprint density at radius 3 is 2.83 bits per heavy atom. The molecule has 18 heavy (non-hydrogen) atoms. The van der Waals surface area contributed by atoms with Gasteiger partial charge >= 0.3 is 5.97 Å². The Bertz CT molecular complexity index is 407. The lowest BCUT2D eigenvalue weighted by atomic mass is 9.89. The topological polar surface area (TPSA) is 26.3 Å². The first-order chi connectivity index (χ1) is 8.74. The van der Waals surface area contributed by atoms with E-state index in [9.17, 15) is 4.79 Å². The summed E-state index contributed by atoms with van der Waals surface area (Å²) in [6, 6.07) is 8.72. The number of hydrogen-bond donors (Lipinski definition) is 0. The van der Waals surface area contributed by atoms with E-state index in [0.717, 1.165) is 12.8 Å². The largest absolute Gasteiger partial charge is 0.469 e. The predicted octanol–water partition coefficient (Wildman–Crippen LogP) is 3.70. The van der Waals surface area contributed by atoms with Crippen LogP contribution >= 0.6 is 0 Å². The lowest BCUT2D eigenvalue weighted by molar-refractivity contribution is -0.141. The quantitative estimate of drug-likeness (QED) is 0.715. The molecule has 1 atom stereocenters. The summed E-state index contributed by atoms with van der Waals surface area (Å²) in [5.41, 5.74) is 2.69. The van der Waals surface area contributed by atoms with Crippen molar-refractivity contribution in [1.29, 1.82) is 0 Å². The monoisotopic (exact) mass is 246 g/mol. The van der Waals surface area contributed by atoms with E-state index < -0.39 is 0 Å². The van der Waals surface area contributed by atoms with Gasteiger partial charge in [0.2, 0.25) is 0 Å². The molecule has 98 valence electrons. The Hall–Kier alpha value is -1.31. The summed E-state index contributed by atoms with van der Waals surface area (Å²) in [6.45, 7) is 2.19. The first-order valence-corrected chi connectivity index (χ1v) is 6.90. The van der Waals surface area contributed by atoms with Gasteiger partial charge in [-0.05, 0) is 42.2 Å². The molecule has 1 aromatic rings. The molecule has 0 aromatic heterocycles. The Morgan fingerprint density at radius 1 is 1.44 bits per heavy atom. The van der Waals surface area contributed by atoms with Crippen LogP contribution in [0.15, 0.2) is 24.3 Å². The summed E-state index contributed by atoms with van der Waals surface area (Å²) in [5, 5.41) is 0. The highest BCUT2D eigenvalue weighted by molar-refractivity contribution is 5.70. The first-order valence-electron chi connectivity index (χ1n) is 6.90. The van der Waals surface area contributed by atoms with Crippen LogP contribution in [0.25, 0.3) is 0 Å². The van der Waals surface area contributed by atoms with Gasteiger partial charge in [0, 0.05) is 0 Å². The molecule has 1 aliphatic rings. The minimum Gasteiger partial charge on any atom is -0.469 e. The van der Waals surface area contributed by atoms with E-state index in [0.29, 0.717) is 18.3 Å². The van der Waals surface area contributed by atoms with Crippen LogP contribution in [0.5, 0.6) is 0 Å². The number of rotatable bonds is 6. The highest BCUT2D eigenvalue weighted by Crippen LogP contribution is 2.44. The van der Waals surface area contributed by atoms with Crippen LogP contribution in [0.3, 0.4) is 0 Å². The molecule has 0 saturated heterocycles. The molecule has 0 radical (unpaired) electrons. The number of esters is 1. The molecule has 0 aliphatic heterocycles. The number of aryl methyl sites for hydroxylation is 1. The molecule has 1 saturated carbocycles. The van der Waals surface area contributed by atoms with Gasteiger partial charge in [-0.1, -0.05) is 37.6 Å². The molecular weight excluding hydrogens is 224 g/mol. The van der Waals surface area contributed by atoms with Gasteiger partial charge in [-0.25, -0.2) is 0 Å².